The highest BCUT2D eigenvalue weighted by Crippen LogP contribution is 2.44. The average Bonchev–Trinajstić information content (AvgIpc) is 3.90. The number of nitrogens with zero attached hydrogens (tertiary/aromatic N) is 2. The van der Waals surface area contributed by atoms with Crippen LogP contribution < -0.4 is 5.32 Å². The van der Waals surface area contributed by atoms with Crippen LogP contribution in [0.15, 0.2) is 173 Å². The van der Waals surface area contributed by atoms with E-state index in [1.54, 1.807) is 0 Å². The molecule has 9 rings (SSSR count). The molecule has 65 heavy (non-hydrogen) atoms. The van der Waals surface area contributed by atoms with Crippen molar-refractivity contribution in [2.45, 2.75) is 62.9 Å². The van der Waals surface area contributed by atoms with Crippen LogP contribution in [0.1, 0.15) is 53.6 Å². The lowest BCUT2D eigenvalue weighted by Gasteiger charge is -2.41. The standard InChI is InChI=1S/C53H47N3O8S/c1-34-45(33-65-53-55-47(38-15-7-3-8-16-38)49(64-53)39-17-9-4-10-18-39)62-51(63-48(34)40-23-21-35(31-57)22-24-40)41-27-25-37(26-28-41)43-20-12-11-19-42(43)30-56-46(58)29-44(50(56)59)54-52(60)61-32-36-13-5-2-6-14-36/h2-28,34,44-45,48,51,57H,29-33H2,1H3,(H,54,60)/t34-,44?,45+,48+,51+/m0/s1. The summed E-state index contributed by atoms with van der Waals surface area (Å²) in [5.41, 5.74) is 8.60. The summed E-state index contributed by atoms with van der Waals surface area (Å²) in [6, 6.07) is 51.6. The van der Waals surface area contributed by atoms with E-state index in [1.165, 1.54) is 16.7 Å². The first kappa shape index (κ1) is 43.4. The van der Waals surface area contributed by atoms with Gasteiger partial charge in [0, 0.05) is 28.4 Å². The normalized spacial score (nSPS) is 19.6. The molecule has 0 bridgehead atoms. The minimum atomic E-state index is -1.01. The molecule has 12 heteroatoms. The highest BCUT2D eigenvalue weighted by atomic mass is 32.2. The molecule has 3 amide bonds. The molecule has 11 nitrogen and oxygen atoms in total. The lowest BCUT2D eigenvalue weighted by Crippen LogP contribution is -2.41. The summed E-state index contributed by atoms with van der Waals surface area (Å²) in [5, 5.41) is 12.9. The van der Waals surface area contributed by atoms with Crippen LogP contribution in [0.25, 0.3) is 33.7 Å². The summed E-state index contributed by atoms with van der Waals surface area (Å²) < 4.78 is 25.3. The van der Waals surface area contributed by atoms with Gasteiger partial charge in [0.2, 0.25) is 5.91 Å². The van der Waals surface area contributed by atoms with E-state index in [-0.39, 0.29) is 50.2 Å². The maximum absolute atomic E-state index is 13.5. The van der Waals surface area contributed by atoms with E-state index in [0.717, 1.165) is 55.8 Å². The topological polar surface area (TPSA) is 140 Å². The predicted octanol–water partition coefficient (Wildman–Crippen LogP) is 10.3. The van der Waals surface area contributed by atoms with Crippen molar-refractivity contribution >= 4 is 29.7 Å². The van der Waals surface area contributed by atoms with Crippen molar-refractivity contribution in [2.24, 2.45) is 5.92 Å². The number of aromatic nitrogens is 1. The zero-order valence-electron chi connectivity index (χ0n) is 35.6. The van der Waals surface area contributed by atoms with E-state index in [0.29, 0.717) is 16.7 Å². The quantitative estimate of drug-likeness (QED) is 0.0801. The largest absolute Gasteiger partial charge is 0.445 e. The van der Waals surface area contributed by atoms with E-state index in [9.17, 15) is 19.5 Å². The number of thioether (sulfide) groups is 1. The Hall–Kier alpha value is -6.83. The molecule has 3 heterocycles. The molecule has 0 radical (unpaired) electrons. The predicted molar refractivity (Wildman–Crippen MR) is 247 cm³/mol. The maximum Gasteiger partial charge on any atom is 0.408 e. The Kier molecular flexibility index (Phi) is 13.3. The van der Waals surface area contributed by atoms with Crippen molar-refractivity contribution in [2.75, 3.05) is 5.75 Å². The third kappa shape index (κ3) is 9.96. The molecular formula is C53H47N3O8S. The zero-order valence-corrected chi connectivity index (χ0v) is 36.4. The Labute approximate surface area is 381 Å². The molecule has 2 saturated heterocycles. The highest BCUT2D eigenvalue weighted by Gasteiger charge is 2.41. The van der Waals surface area contributed by atoms with Crippen molar-refractivity contribution in [3.63, 3.8) is 0 Å². The van der Waals surface area contributed by atoms with Gasteiger partial charge >= 0.3 is 6.09 Å². The fourth-order valence-corrected chi connectivity index (χ4v) is 9.19. The van der Waals surface area contributed by atoms with Gasteiger partial charge in [-0.3, -0.25) is 14.5 Å². The van der Waals surface area contributed by atoms with Gasteiger partial charge < -0.3 is 29.1 Å². The number of oxazole rings is 1. The minimum absolute atomic E-state index is 0.0415. The maximum atomic E-state index is 13.5. The van der Waals surface area contributed by atoms with Crippen LogP contribution in [0.2, 0.25) is 0 Å². The molecule has 0 saturated carbocycles. The summed E-state index contributed by atoms with van der Waals surface area (Å²) in [5.74, 6) is 0.326. The number of amides is 3. The minimum Gasteiger partial charge on any atom is -0.445 e. The van der Waals surface area contributed by atoms with Gasteiger partial charge in [0.1, 0.15) is 18.3 Å². The number of carbonyl (C=O) groups excluding carboxylic acids is 3. The van der Waals surface area contributed by atoms with Gasteiger partial charge in [-0.05, 0) is 33.4 Å². The third-order valence-electron chi connectivity index (χ3n) is 11.8. The SMILES string of the molecule is C[C@H]1[C@@H](CSc2nc(-c3ccccc3)c(-c3ccccc3)o2)O[C@@H](c2ccc(-c3ccccc3CN3C(=O)CC(NC(=O)OCc4ccccc4)C3=O)cc2)O[C@H]1c1ccc(CO)cc1. The molecule has 7 aromatic rings. The van der Waals surface area contributed by atoms with Gasteiger partial charge in [-0.15, -0.1) is 0 Å². The smallest absolute Gasteiger partial charge is 0.408 e. The van der Waals surface area contributed by atoms with Gasteiger partial charge in [-0.25, -0.2) is 9.78 Å². The van der Waals surface area contributed by atoms with Gasteiger partial charge in [0.25, 0.3) is 11.1 Å². The first-order valence-corrected chi connectivity index (χ1v) is 22.5. The number of aliphatic hydroxyl groups excluding tert-OH is 1. The molecule has 2 fully saturated rings. The van der Waals surface area contributed by atoms with Crippen LogP contribution in [0.3, 0.4) is 0 Å². The van der Waals surface area contributed by atoms with Gasteiger partial charge in [-0.2, -0.15) is 0 Å². The van der Waals surface area contributed by atoms with E-state index in [1.807, 2.05) is 164 Å². The molecule has 2 N–H and O–H groups in total. The number of benzene rings is 6. The number of hydrogen-bond donors (Lipinski definition) is 2. The summed E-state index contributed by atoms with van der Waals surface area (Å²) >= 11 is 1.50. The second-order valence-electron chi connectivity index (χ2n) is 16.1. The molecule has 6 aromatic carbocycles. The first-order valence-electron chi connectivity index (χ1n) is 21.6. The van der Waals surface area contributed by atoms with Crippen molar-refractivity contribution in [1.29, 1.82) is 0 Å². The second kappa shape index (κ2) is 19.9. The molecule has 2 aliphatic heterocycles. The van der Waals surface area contributed by atoms with Gasteiger partial charge in [-0.1, -0.05) is 182 Å². The summed E-state index contributed by atoms with van der Waals surface area (Å²) in [4.78, 5) is 45.4. The molecular weight excluding hydrogens is 839 g/mol. The molecule has 1 aromatic heterocycles. The van der Waals surface area contributed by atoms with Crippen molar-refractivity contribution in [3.05, 3.63) is 192 Å². The number of alkyl carbamates (subject to hydrolysis) is 1. The Morgan fingerprint density at radius 1 is 0.754 bits per heavy atom. The molecule has 5 atom stereocenters. The number of likely N-dealkylation sites (tertiary alicyclic amines) is 1. The van der Waals surface area contributed by atoms with Crippen LogP contribution in [-0.4, -0.2) is 50.8 Å². The molecule has 1 unspecified atom stereocenters. The number of imide groups is 1. The van der Waals surface area contributed by atoms with Crippen molar-refractivity contribution in [1.82, 2.24) is 15.2 Å². The van der Waals surface area contributed by atoms with E-state index in [2.05, 4.69) is 12.2 Å². The number of hydrogen-bond acceptors (Lipinski definition) is 10. The molecule has 0 spiro atoms. The number of rotatable bonds is 14. The van der Waals surface area contributed by atoms with Crippen LogP contribution in [-0.2, 0) is 43.6 Å². The lowest BCUT2D eigenvalue weighted by atomic mass is 9.91. The first-order chi connectivity index (χ1) is 31.8. The van der Waals surface area contributed by atoms with Crippen molar-refractivity contribution in [3.8, 4) is 33.7 Å². The van der Waals surface area contributed by atoms with E-state index in [4.69, 9.17) is 23.6 Å². The van der Waals surface area contributed by atoms with Crippen LogP contribution >= 0.6 is 11.8 Å². The van der Waals surface area contributed by atoms with Crippen LogP contribution in [0.4, 0.5) is 4.79 Å². The number of aliphatic hydroxyl groups is 1. The molecule has 0 aliphatic carbocycles. The average molecular weight is 886 g/mol. The summed E-state index contributed by atoms with van der Waals surface area (Å²) in [7, 11) is 0. The van der Waals surface area contributed by atoms with Gasteiger partial charge in [0.15, 0.2) is 12.1 Å². The highest BCUT2D eigenvalue weighted by molar-refractivity contribution is 7.99. The van der Waals surface area contributed by atoms with Crippen LogP contribution in [0, 0.1) is 5.92 Å². The number of nitrogens with one attached hydrogen (secondary N) is 1. The lowest BCUT2D eigenvalue weighted by molar-refractivity contribution is -0.268. The Bertz CT molecular complexity index is 2680. The second-order valence-corrected chi connectivity index (χ2v) is 17.1. The zero-order chi connectivity index (χ0) is 44.7. The number of carbonyl (C=O) groups is 3. The fraction of sp³-hybridized carbons (Fsp3) is 0.208. The van der Waals surface area contributed by atoms with E-state index < -0.39 is 24.3 Å². The van der Waals surface area contributed by atoms with Crippen LogP contribution in [0.5, 0.6) is 0 Å². The summed E-state index contributed by atoms with van der Waals surface area (Å²) in [6.07, 6.45) is -2.21. The van der Waals surface area contributed by atoms with Gasteiger partial charge in [0.05, 0.1) is 31.8 Å². The third-order valence-corrected chi connectivity index (χ3v) is 12.7. The fourth-order valence-electron chi connectivity index (χ4n) is 8.20. The Morgan fingerprint density at radius 2 is 1.40 bits per heavy atom. The Balaban J connectivity index is 0.916. The Morgan fingerprint density at radius 3 is 2.11 bits per heavy atom. The molecule has 328 valence electrons. The summed E-state index contributed by atoms with van der Waals surface area (Å²) in [6.45, 7) is 2.16. The van der Waals surface area contributed by atoms with E-state index >= 15 is 0 Å². The van der Waals surface area contributed by atoms with Crippen molar-refractivity contribution < 1.29 is 38.1 Å². The number of ether oxygens (including phenoxy) is 3. The molecule has 2 aliphatic rings. The monoisotopic (exact) mass is 885 g/mol.